The molecule has 27 heavy (non-hydrogen) atoms. The smallest absolute Gasteiger partial charge is 0.232 e. The highest BCUT2D eigenvalue weighted by molar-refractivity contribution is 5.85. The molecule has 0 saturated carbocycles. The minimum atomic E-state index is 0.186. The molecule has 0 fully saturated rings. The van der Waals surface area contributed by atoms with Crippen molar-refractivity contribution in [3.8, 4) is 0 Å². The Hall–Kier alpha value is -3.87. The zero-order valence-electron chi connectivity index (χ0n) is 14.7. The number of rotatable bonds is 4. The molecule has 0 bridgehead atoms. The van der Waals surface area contributed by atoms with Gasteiger partial charge in [-0.25, -0.2) is 0 Å². The number of aromatic nitrogens is 3. The summed E-state index contributed by atoms with van der Waals surface area (Å²) in [7, 11) is 0. The molecule has 0 spiro atoms. The lowest BCUT2D eigenvalue weighted by atomic mass is 10.1. The molecule has 4 rings (SSSR count). The fourth-order valence-corrected chi connectivity index (χ4v) is 2.65. The van der Waals surface area contributed by atoms with Crippen LogP contribution >= 0.6 is 0 Å². The van der Waals surface area contributed by atoms with Gasteiger partial charge in [-0.1, -0.05) is 30.3 Å². The number of fused-ring (bicyclic) bond motifs is 1. The van der Waals surface area contributed by atoms with Gasteiger partial charge in [0.15, 0.2) is 0 Å². The van der Waals surface area contributed by atoms with Crippen molar-refractivity contribution in [2.45, 2.75) is 6.92 Å². The molecule has 7 heteroatoms. The van der Waals surface area contributed by atoms with E-state index in [1.165, 1.54) is 5.39 Å². The molecule has 0 saturated heterocycles. The first-order chi connectivity index (χ1) is 13.2. The molecule has 4 aromatic rings. The van der Waals surface area contributed by atoms with Crippen LogP contribution in [0.3, 0.4) is 0 Å². The average Bonchev–Trinajstić information content (AvgIpc) is 2.66. The first-order valence-corrected chi connectivity index (χ1v) is 8.41. The number of hydrogen-bond acceptors (Lipinski definition) is 7. The fourth-order valence-electron chi connectivity index (χ4n) is 2.65. The number of nitrogens with one attached hydrogen (secondary N) is 1. The number of anilines is 3. The number of aryl methyl sites for hydroxylation is 1. The molecular weight excluding hydrogens is 338 g/mol. The highest BCUT2D eigenvalue weighted by Crippen LogP contribution is 2.24. The second kappa shape index (κ2) is 7.17. The van der Waals surface area contributed by atoms with Crippen molar-refractivity contribution in [3.63, 3.8) is 0 Å². The Morgan fingerprint density at radius 1 is 0.778 bits per heavy atom. The standard InChI is InChI=1S/C20H17N7/c1-13-22-19(21)25-20(23-13)24-16-8-10-17(11-9-16)26-27-18-7-6-14-4-2-3-5-15(14)12-18/h2-12H,1H3,(H3,21,22,23,24,25)/b27-26+. The molecule has 1 aromatic heterocycles. The fraction of sp³-hybridized carbons (Fsp3) is 0.0500. The maximum absolute atomic E-state index is 5.64. The third-order valence-corrected chi connectivity index (χ3v) is 3.90. The summed E-state index contributed by atoms with van der Waals surface area (Å²) in [6.07, 6.45) is 0. The van der Waals surface area contributed by atoms with Crippen molar-refractivity contribution in [1.82, 2.24) is 15.0 Å². The molecule has 7 nitrogen and oxygen atoms in total. The predicted molar refractivity (Wildman–Crippen MR) is 107 cm³/mol. The summed E-state index contributed by atoms with van der Waals surface area (Å²) in [5.74, 6) is 1.15. The number of nitrogens with zero attached hydrogens (tertiary/aromatic N) is 5. The van der Waals surface area contributed by atoms with E-state index in [0.717, 1.165) is 22.4 Å². The lowest BCUT2D eigenvalue weighted by molar-refractivity contribution is 0.995. The van der Waals surface area contributed by atoms with Crippen LogP contribution in [0.1, 0.15) is 5.82 Å². The number of azo groups is 1. The van der Waals surface area contributed by atoms with E-state index in [2.05, 4.69) is 42.6 Å². The van der Waals surface area contributed by atoms with Gasteiger partial charge in [0.25, 0.3) is 0 Å². The molecule has 0 atom stereocenters. The third-order valence-electron chi connectivity index (χ3n) is 3.90. The van der Waals surface area contributed by atoms with Crippen molar-refractivity contribution in [1.29, 1.82) is 0 Å². The Labute approximate surface area is 156 Å². The van der Waals surface area contributed by atoms with Gasteiger partial charge in [-0.05, 0) is 54.1 Å². The zero-order valence-corrected chi connectivity index (χ0v) is 14.7. The number of hydrogen-bond donors (Lipinski definition) is 2. The van der Waals surface area contributed by atoms with Crippen LogP contribution in [0, 0.1) is 6.92 Å². The molecular formula is C20H17N7. The van der Waals surface area contributed by atoms with Gasteiger partial charge in [0, 0.05) is 5.69 Å². The molecule has 1 heterocycles. The van der Waals surface area contributed by atoms with Gasteiger partial charge < -0.3 is 11.1 Å². The van der Waals surface area contributed by atoms with Gasteiger partial charge in [-0.3, -0.25) is 0 Å². The molecule has 0 aliphatic rings. The second-order valence-corrected chi connectivity index (χ2v) is 5.97. The highest BCUT2D eigenvalue weighted by Gasteiger charge is 2.02. The number of benzene rings is 3. The van der Waals surface area contributed by atoms with E-state index < -0.39 is 0 Å². The van der Waals surface area contributed by atoms with Crippen LogP contribution in [-0.4, -0.2) is 15.0 Å². The zero-order chi connectivity index (χ0) is 18.6. The lowest BCUT2D eigenvalue weighted by Gasteiger charge is -2.05. The number of nitrogens with two attached hydrogens (primary N) is 1. The minimum absolute atomic E-state index is 0.186. The van der Waals surface area contributed by atoms with Crippen LogP contribution in [0.4, 0.5) is 29.0 Å². The quantitative estimate of drug-likeness (QED) is 0.497. The summed E-state index contributed by atoms with van der Waals surface area (Å²) in [4.78, 5) is 12.2. The maximum Gasteiger partial charge on any atom is 0.232 e. The van der Waals surface area contributed by atoms with E-state index in [9.17, 15) is 0 Å². The van der Waals surface area contributed by atoms with Crippen LogP contribution < -0.4 is 11.1 Å². The normalized spacial score (nSPS) is 11.1. The molecule has 0 radical (unpaired) electrons. The summed E-state index contributed by atoms with van der Waals surface area (Å²) >= 11 is 0. The highest BCUT2D eigenvalue weighted by atomic mass is 15.2. The molecule has 3 N–H and O–H groups in total. The van der Waals surface area contributed by atoms with Gasteiger partial charge in [0.2, 0.25) is 11.9 Å². The minimum Gasteiger partial charge on any atom is -0.368 e. The first kappa shape index (κ1) is 16.6. The summed E-state index contributed by atoms with van der Waals surface area (Å²) in [5, 5.41) is 14.0. The van der Waals surface area contributed by atoms with Crippen LogP contribution in [-0.2, 0) is 0 Å². The van der Waals surface area contributed by atoms with Gasteiger partial charge in [-0.2, -0.15) is 25.2 Å². The Bertz CT molecular complexity index is 1100. The molecule has 0 amide bonds. The van der Waals surface area contributed by atoms with Crippen molar-refractivity contribution < 1.29 is 0 Å². The second-order valence-electron chi connectivity index (χ2n) is 5.97. The van der Waals surface area contributed by atoms with Crippen LogP contribution in [0.5, 0.6) is 0 Å². The maximum atomic E-state index is 5.64. The molecule has 0 unspecified atom stereocenters. The summed E-state index contributed by atoms with van der Waals surface area (Å²) in [6, 6.07) is 21.7. The van der Waals surface area contributed by atoms with E-state index in [1.807, 2.05) is 54.6 Å². The van der Waals surface area contributed by atoms with Crippen LogP contribution in [0.15, 0.2) is 77.0 Å². The van der Waals surface area contributed by atoms with Crippen molar-refractivity contribution in [2.24, 2.45) is 10.2 Å². The van der Waals surface area contributed by atoms with Gasteiger partial charge in [0.1, 0.15) is 5.82 Å². The third kappa shape index (κ3) is 4.04. The summed E-state index contributed by atoms with van der Waals surface area (Å²) in [6.45, 7) is 1.76. The molecule has 132 valence electrons. The van der Waals surface area contributed by atoms with Crippen LogP contribution in [0.25, 0.3) is 10.8 Å². The Morgan fingerprint density at radius 3 is 2.26 bits per heavy atom. The van der Waals surface area contributed by atoms with Crippen molar-refractivity contribution in [3.05, 3.63) is 72.6 Å². The van der Waals surface area contributed by atoms with Gasteiger partial charge >= 0.3 is 0 Å². The van der Waals surface area contributed by atoms with E-state index >= 15 is 0 Å². The predicted octanol–water partition coefficient (Wildman–Crippen LogP) is 5.07. The van der Waals surface area contributed by atoms with Crippen molar-refractivity contribution >= 4 is 39.7 Å². The molecule has 0 aliphatic carbocycles. The molecule has 0 aliphatic heterocycles. The Kier molecular flexibility index (Phi) is 4.40. The largest absolute Gasteiger partial charge is 0.368 e. The van der Waals surface area contributed by atoms with Gasteiger partial charge in [-0.15, -0.1) is 0 Å². The monoisotopic (exact) mass is 355 g/mol. The van der Waals surface area contributed by atoms with Gasteiger partial charge in [0.05, 0.1) is 11.4 Å². The topological polar surface area (TPSA) is 101 Å². The van der Waals surface area contributed by atoms with E-state index in [-0.39, 0.29) is 5.95 Å². The van der Waals surface area contributed by atoms with E-state index in [4.69, 9.17) is 5.73 Å². The lowest BCUT2D eigenvalue weighted by Crippen LogP contribution is -2.04. The molecule has 3 aromatic carbocycles. The van der Waals surface area contributed by atoms with E-state index in [0.29, 0.717) is 11.8 Å². The van der Waals surface area contributed by atoms with Crippen LogP contribution in [0.2, 0.25) is 0 Å². The first-order valence-electron chi connectivity index (χ1n) is 8.41. The average molecular weight is 355 g/mol. The Balaban J connectivity index is 1.48. The SMILES string of the molecule is Cc1nc(N)nc(Nc2ccc(/N=N/c3ccc4ccccc4c3)cc2)n1. The summed E-state index contributed by atoms with van der Waals surface area (Å²) in [5.41, 5.74) is 8.02. The van der Waals surface area contributed by atoms with E-state index in [1.54, 1.807) is 6.92 Å². The number of nitrogen functional groups attached to an aromatic ring is 1. The summed E-state index contributed by atoms with van der Waals surface area (Å²) < 4.78 is 0. The van der Waals surface area contributed by atoms with Crippen molar-refractivity contribution in [2.75, 3.05) is 11.1 Å². The Morgan fingerprint density at radius 2 is 1.48 bits per heavy atom.